The standard InChI is InChI=1S/C73H93N5O12/c1-48(2)66(76-64(82)30-36-87-38-40-89-42-43-90-41-39-88-37-35-74-63(81)28-29-65(83)78-47-54-16-9-8-14-50(54)18-19-53-15-10-11-17-59(53)78)60(80)44-49(3)67(84)75-55-24-20-51-22-26-61-70(4,57(51)45-55)31-12-33-72(61,6)68(85)77-69(86)73(7)34-13-32-71(5)58-46-56(79)25-21-52(58)23-27-62(71)73/h8-11,14-17,20-21,24-25,45-46,48-49,61-62,66,79H,12-13,22-23,26-44,47H2,1-7H3,(H,74,81)(H,75,84)(H,76,82)(H,77,85,86)/t49-,61-,62-,66+,70-,71-,72+,73+/m1/s1. The Balaban J connectivity index is 0.631. The molecule has 1 aliphatic heterocycles. The number of Topliss-reactive ketones (excluding diaryl/α,β-unsaturated/α-hetero) is 1. The third kappa shape index (κ3) is 15.4. The molecule has 0 aromatic heterocycles. The molecule has 0 bridgehead atoms. The predicted octanol–water partition coefficient (Wildman–Crippen LogP) is 9.73. The number of phenols is 1. The van der Waals surface area contributed by atoms with Crippen LogP contribution in [0.3, 0.4) is 0 Å². The van der Waals surface area contributed by atoms with Gasteiger partial charge in [0.05, 0.1) is 82.0 Å². The Morgan fingerprint density at radius 3 is 1.80 bits per heavy atom. The summed E-state index contributed by atoms with van der Waals surface area (Å²) >= 11 is 0. The number of ketones is 1. The number of carbonyl (C=O) groups excluding carboxylic acids is 7. The molecular formula is C73H93N5O12. The van der Waals surface area contributed by atoms with E-state index in [9.17, 15) is 38.7 Å². The molecule has 1 heterocycles. The molecule has 482 valence electrons. The average Bonchev–Trinajstić information content (AvgIpc) is 0.729. The lowest BCUT2D eigenvalue weighted by Crippen LogP contribution is -2.60. The zero-order valence-electron chi connectivity index (χ0n) is 53.8. The largest absolute Gasteiger partial charge is 0.508 e. The van der Waals surface area contributed by atoms with Crippen LogP contribution in [0.15, 0.2) is 84.9 Å². The molecule has 4 aromatic rings. The van der Waals surface area contributed by atoms with Crippen LogP contribution in [0.1, 0.15) is 164 Å². The van der Waals surface area contributed by atoms with Crippen molar-refractivity contribution in [3.8, 4) is 17.6 Å². The van der Waals surface area contributed by atoms with Crippen LogP contribution in [0.2, 0.25) is 0 Å². The lowest BCUT2D eigenvalue weighted by Gasteiger charge is -2.56. The summed E-state index contributed by atoms with van der Waals surface area (Å²) in [5.41, 5.74) is 6.34. The van der Waals surface area contributed by atoms with E-state index < -0.39 is 28.2 Å². The zero-order chi connectivity index (χ0) is 64.2. The van der Waals surface area contributed by atoms with Crippen LogP contribution in [-0.4, -0.2) is 112 Å². The van der Waals surface area contributed by atoms with Crippen molar-refractivity contribution in [3.05, 3.63) is 124 Å². The molecule has 8 atom stereocenters. The summed E-state index contributed by atoms with van der Waals surface area (Å²) in [6.07, 6.45) is 8.11. The van der Waals surface area contributed by atoms with E-state index in [0.717, 1.165) is 84.9 Å². The number of rotatable bonds is 27. The molecular weight excluding hydrogens is 1140 g/mol. The van der Waals surface area contributed by atoms with Gasteiger partial charge in [0.15, 0.2) is 5.78 Å². The zero-order valence-corrected chi connectivity index (χ0v) is 53.8. The summed E-state index contributed by atoms with van der Waals surface area (Å²) in [4.78, 5) is 97.7. The van der Waals surface area contributed by atoms with Crippen molar-refractivity contribution >= 4 is 52.6 Å². The van der Waals surface area contributed by atoms with Gasteiger partial charge in [-0.25, -0.2) is 0 Å². The Morgan fingerprint density at radius 1 is 0.611 bits per heavy atom. The summed E-state index contributed by atoms with van der Waals surface area (Å²) in [6.45, 7) is 17.0. The number of benzene rings is 4. The second-order valence-corrected chi connectivity index (χ2v) is 26.9. The average molecular weight is 1230 g/mol. The Morgan fingerprint density at radius 2 is 1.17 bits per heavy atom. The second-order valence-electron chi connectivity index (χ2n) is 26.9. The number of amides is 6. The summed E-state index contributed by atoms with van der Waals surface area (Å²) < 4.78 is 22.4. The lowest BCUT2D eigenvalue weighted by molar-refractivity contribution is -0.150. The highest BCUT2D eigenvalue weighted by Crippen LogP contribution is 2.60. The fourth-order valence-electron chi connectivity index (χ4n) is 15.4. The molecule has 4 aromatic carbocycles. The quantitative estimate of drug-likeness (QED) is 0.0214. The molecule has 0 saturated heterocycles. The monoisotopic (exact) mass is 1230 g/mol. The molecule has 5 N–H and O–H groups in total. The molecule has 9 rings (SSSR count). The van der Waals surface area contributed by atoms with E-state index in [0.29, 0.717) is 71.3 Å². The molecule has 2 fully saturated rings. The molecule has 0 radical (unpaired) electrons. The molecule has 17 heteroatoms. The van der Waals surface area contributed by atoms with Crippen molar-refractivity contribution in [2.45, 2.75) is 162 Å². The van der Waals surface area contributed by atoms with Gasteiger partial charge in [-0.2, -0.15) is 0 Å². The number of ether oxygens (including phenoxy) is 4. The van der Waals surface area contributed by atoms with Gasteiger partial charge in [0.1, 0.15) is 5.75 Å². The number of carbonyl (C=O) groups is 7. The summed E-state index contributed by atoms with van der Waals surface area (Å²) in [5, 5.41) is 22.3. The first-order chi connectivity index (χ1) is 43.1. The number of imide groups is 1. The minimum absolute atomic E-state index is 0.0217. The van der Waals surface area contributed by atoms with E-state index in [4.69, 9.17) is 18.9 Å². The highest BCUT2D eigenvalue weighted by atomic mass is 16.6. The van der Waals surface area contributed by atoms with E-state index in [2.05, 4.69) is 53.0 Å². The Hall–Kier alpha value is -7.23. The van der Waals surface area contributed by atoms with Crippen LogP contribution in [0, 0.1) is 46.3 Å². The van der Waals surface area contributed by atoms with Gasteiger partial charge >= 0.3 is 0 Å². The number of phenolic OH excluding ortho intramolecular Hbond substituents is 1. The highest BCUT2D eigenvalue weighted by molar-refractivity contribution is 6.01. The van der Waals surface area contributed by atoms with Gasteiger partial charge in [0.25, 0.3) is 0 Å². The fraction of sp³-hybridized carbons (Fsp3) is 0.548. The van der Waals surface area contributed by atoms with Crippen molar-refractivity contribution in [1.29, 1.82) is 0 Å². The Labute approximate surface area is 531 Å². The molecule has 6 amide bonds. The van der Waals surface area contributed by atoms with E-state index in [-0.39, 0.29) is 109 Å². The number of aryl methyl sites for hydroxylation is 2. The topological polar surface area (TPSA) is 228 Å². The highest BCUT2D eigenvalue weighted by Gasteiger charge is 2.58. The maximum Gasteiger partial charge on any atom is 0.232 e. The molecule has 2 saturated carbocycles. The fourth-order valence-corrected chi connectivity index (χ4v) is 15.4. The van der Waals surface area contributed by atoms with Crippen LogP contribution >= 0.6 is 0 Å². The van der Waals surface area contributed by atoms with Gasteiger partial charge in [-0.1, -0.05) is 116 Å². The number of hydrogen-bond donors (Lipinski definition) is 5. The maximum absolute atomic E-state index is 14.8. The molecule has 17 nitrogen and oxygen atoms in total. The second kappa shape index (κ2) is 29.8. The van der Waals surface area contributed by atoms with Crippen LogP contribution in [-0.2, 0) is 82.7 Å². The lowest BCUT2D eigenvalue weighted by atomic mass is 9.49. The first-order valence-corrected chi connectivity index (χ1v) is 32.7. The third-order valence-electron chi connectivity index (χ3n) is 20.4. The summed E-state index contributed by atoms with van der Waals surface area (Å²) in [6, 6.07) is 26.2. The number of fused-ring (bicyclic) bond motifs is 8. The smallest absolute Gasteiger partial charge is 0.232 e. The van der Waals surface area contributed by atoms with Gasteiger partial charge < -0.3 is 44.9 Å². The normalized spacial score (nSPS) is 23.6. The van der Waals surface area contributed by atoms with Gasteiger partial charge in [-0.15, -0.1) is 0 Å². The minimum atomic E-state index is -0.801. The van der Waals surface area contributed by atoms with Crippen LogP contribution in [0.25, 0.3) is 0 Å². The minimum Gasteiger partial charge on any atom is -0.508 e. The van der Waals surface area contributed by atoms with Crippen molar-refractivity contribution in [1.82, 2.24) is 16.0 Å². The number of anilines is 2. The van der Waals surface area contributed by atoms with Crippen molar-refractivity contribution in [2.24, 2.45) is 34.5 Å². The van der Waals surface area contributed by atoms with Crippen LogP contribution < -0.4 is 26.2 Å². The van der Waals surface area contributed by atoms with Crippen molar-refractivity contribution in [2.75, 3.05) is 69.6 Å². The van der Waals surface area contributed by atoms with E-state index >= 15 is 0 Å². The first kappa shape index (κ1) is 67.2. The van der Waals surface area contributed by atoms with Crippen molar-refractivity contribution in [3.63, 3.8) is 0 Å². The number of para-hydroxylation sites is 1. The van der Waals surface area contributed by atoms with Gasteiger partial charge in [-0.3, -0.25) is 38.9 Å². The molecule has 4 aliphatic carbocycles. The van der Waals surface area contributed by atoms with E-state index in [1.807, 2.05) is 100 Å². The van der Waals surface area contributed by atoms with Crippen LogP contribution in [0.5, 0.6) is 5.75 Å². The SMILES string of the molecule is CC(C)[C@H](NC(=O)CCOCCOCCOCCOCCNC(=O)CCC(=O)N1Cc2ccccc2C#Cc2ccccc21)C(=O)C[C@@H](C)C(=O)Nc1ccc2c(c1)[C@@]1(C)CCC[C@](C)(C(=O)NC(=O)[C@@]3(C)CCC[C@]4(C)c5cc(O)ccc5CC[C@@H]34)[C@@H]1CC2. The maximum atomic E-state index is 14.8. The molecule has 90 heavy (non-hydrogen) atoms. The predicted molar refractivity (Wildman–Crippen MR) is 344 cm³/mol. The number of nitrogens with zero attached hydrogens (tertiary/aromatic N) is 1. The number of nitrogens with one attached hydrogen (secondary N) is 4. The van der Waals surface area contributed by atoms with Crippen LogP contribution in [0.4, 0.5) is 11.4 Å². The van der Waals surface area contributed by atoms with Gasteiger partial charge in [0, 0.05) is 55.0 Å². The Kier molecular flexibility index (Phi) is 22.2. The van der Waals surface area contributed by atoms with Gasteiger partial charge in [0.2, 0.25) is 35.4 Å². The first-order valence-electron chi connectivity index (χ1n) is 32.7. The van der Waals surface area contributed by atoms with Gasteiger partial charge in [-0.05, 0) is 150 Å². The summed E-state index contributed by atoms with van der Waals surface area (Å²) in [7, 11) is 0. The summed E-state index contributed by atoms with van der Waals surface area (Å²) in [5.74, 6) is 4.04. The Bertz CT molecular complexity index is 3350. The number of hydrogen-bond acceptors (Lipinski definition) is 12. The van der Waals surface area contributed by atoms with Crippen molar-refractivity contribution < 1.29 is 57.6 Å². The third-order valence-corrected chi connectivity index (χ3v) is 20.4. The molecule has 0 unspecified atom stereocenters. The molecule has 0 spiro atoms. The molecule has 5 aliphatic rings. The van der Waals surface area contributed by atoms with E-state index in [1.54, 1.807) is 17.9 Å². The van der Waals surface area contributed by atoms with E-state index in [1.165, 1.54) is 11.1 Å². The number of aromatic hydroxyl groups is 1.